The largest absolute Gasteiger partial charge is 0.444 e. The van der Waals surface area contributed by atoms with Crippen molar-refractivity contribution in [1.29, 1.82) is 0 Å². The molecule has 0 heterocycles. The van der Waals surface area contributed by atoms with E-state index in [1.807, 2.05) is 27.7 Å². The Morgan fingerprint density at radius 1 is 1.39 bits per heavy atom. The maximum atomic E-state index is 11.5. The second-order valence-electron chi connectivity index (χ2n) is 6.34. The predicted octanol–water partition coefficient (Wildman–Crippen LogP) is 2.68. The van der Waals surface area contributed by atoms with Crippen LogP contribution in [-0.4, -0.2) is 30.8 Å². The van der Waals surface area contributed by atoms with Crippen LogP contribution in [0.15, 0.2) is 0 Å². The molecule has 1 saturated carbocycles. The quantitative estimate of drug-likeness (QED) is 0.718. The highest BCUT2D eigenvalue weighted by atomic mass is 16.6. The standard InChI is InChI=1S/C14H28N2O2/c1-11(16-13(17)18-14(2,3)4)8-9-15-10-12-6-5-7-12/h11-12,15H,5-10H2,1-4H3,(H,16,17). The van der Waals surface area contributed by atoms with Gasteiger partial charge in [-0.3, -0.25) is 0 Å². The molecule has 0 aromatic rings. The minimum Gasteiger partial charge on any atom is -0.444 e. The van der Waals surface area contributed by atoms with Crippen molar-refractivity contribution in [3.63, 3.8) is 0 Å². The van der Waals surface area contributed by atoms with E-state index < -0.39 is 5.60 Å². The number of hydrogen-bond donors (Lipinski definition) is 2. The van der Waals surface area contributed by atoms with E-state index in [1.165, 1.54) is 19.3 Å². The summed E-state index contributed by atoms with van der Waals surface area (Å²) >= 11 is 0. The Balaban J connectivity index is 2.01. The SMILES string of the molecule is CC(CCNCC1CCC1)NC(=O)OC(C)(C)C. The van der Waals surface area contributed by atoms with Gasteiger partial charge in [0, 0.05) is 6.04 Å². The monoisotopic (exact) mass is 256 g/mol. The smallest absolute Gasteiger partial charge is 0.407 e. The number of carbonyl (C=O) groups is 1. The zero-order chi connectivity index (χ0) is 13.6. The molecule has 0 spiro atoms. The molecule has 1 unspecified atom stereocenters. The second kappa shape index (κ2) is 6.98. The molecule has 0 radical (unpaired) electrons. The van der Waals surface area contributed by atoms with E-state index in [2.05, 4.69) is 10.6 Å². The van der Waals surface area contributed by atoms with E-state index in [0.29, 0.717) is 0 Å². The molecule has 1 atom stereocenters. The molecule has 0 aromatic heterocycles. The van der Waals surface area contributed by atoms with Crippen LogP contribution in [0, 0.1) is 5.92 Å². The van der Waals surface area contributed by atoms with E-state index in [-0.39, 0.29) is 12.1 Å². The zero-order valence-corrected chi connectivity index (χ0v) is 12.2. The summed E-state index contributed by atoms with van der Waals surface area (Å²) in [5.41, 5.74) is -0.424. The van der Waals surface area contributed by atoms with Crippen LogP contribution in [0.3, 0.4) is 0 Å². The summed E-state index contributed by atoms with van der Waals surface area (Å²) in [6, 6.07) is 0.147. The highest BCUT2D eigenvalue weighted by Crippen LogP contribution is 2.24. The van der Waals surface area contributed by atoms with E-state index in [9.17, 15) is 4.79 Å². The maximum Gasteiger partial charge on any atom is 0.407 e. The Bertz CT molecular complexity index is 257. The molecule has 1 rings (SSSR count). The summed E-state index contributed by atoms with van der Waals surface area (Å²) in [6.07, 6.45) is 4.75. The third-order valence-electron chi connectivity index (χ3n) is 3.18. The average Bonchev–Trinajstić information content (AvgIpc) is 2.10. The lowest BCUT2D eigenvalue weighted by atomic mass is 9.85. The van der Waals surface area contributed by atoms with Crippen molar-refractivity contribution in [1.82, 2.24) is 10.6 Å². The first-order chi connectivity index (χ1) is 8.37. The molecule has 0 bridgehead atoms. The van der Waals surface area contributed by atoms with Gasteiger partial charge in [0.25, 0.3) is 0 Å². The fraction of sp³-hybridized carbons (Fsp3) is 0.929. The van der Waals surface area contributed by atoms with Gasteiger partial charge >= 0.3 is 6.09 Å². The average molecular weight is 256 g/mol. The van der Waals surface area contributed by atoms with Crippen LogP contribution in [0.1, 0.15) is 53.4 Å². The van der Waals surface area contributed by atoms with E-state index in [4.69, 9.17) is 4.74 Å². The lowest BCUT2D eigenvalue weighted by Crippen LogP contribution is -2.39. The highest BCUT2D eigenvalue weighted by Gasteiger charge is 2.18. The molecule has 1 amide bonds. The minimum atomic E-state index is -0.424. The van der Waals surface area contributed by atoms with Crippen LogP contribution in [0.25, 0.3) is 0 Å². The molecule has 1 fully saturated rings. The summed E-state index contributed by atoms with van der Waals surface area (Å²) in [5, 5.41) is 6.30. The Hall–Kier alpha value is -0.770. The Labute approximate surface area is 111 Å². The number of ether oxygens (including phenoxy) is 1. The first kappa shape index (κ1) is 15.3. The summed E-state index contributed by atoms with van der Waals surface area (Å²) in [4.78, 5) is 11.5. The lowest BCUT2D eigenvalue weighted by Gasteiger charge is -2.26. The number of alkyl carbamates (subject to hydrolysis) is 1. The maximum absolute atomic E-state index is 11.5. The van der Waals surface area contributed by atoms with Crippen molar-refractivity contribution in [2.75, 3.05) is 13.1 Å². The summed E-state index contributed by atoms with van der Waals surface area (Å²) in [6.45, 7) is 9.70. The van der Waals surface area contributed by atoms with Crippen molar-refractivity contribution in [3.8, 4) is 0 Å². The molecule has 2 N–H and O–H groups in total. The van der Waals surface area contributed by atoms with Gasteiger partial charge in [0.05, 0.1) is 0 Å². The van der Waals surface area contributed by atoms with E-state index in [0.717, 1.165) is 25.4 Å². The molecule has 1 aliphatic carbocycles. The van der Waals surface area contributed by atoms with Crippen LogP contribution in [0.5, 0.6) is 0 Å². The molecule has 0 aliphatic heterocycles. The predicted molar refractivity (Wildman–Crippen MR) is 73.7 cm³/mol. The Morgan fingerprint density at radius 3 is 2.56 bits per heavy atom. The first-order valence-electron chi connectivity index (χ1n) is 7.07. The fourth-order valence-corrected chi connectivity index (χ4v) is 1.90. The Morgan fingerprint density at radius 2 is 2.06 bits per heavy atom. The summed E-state index contributed by atoms with van der Waals surface area (Å²) in [5.74, 6) is 0.888. The third-order valence-corrected chi connectivity index (χ3v) is 3.18. The van der Waals surface area contributed by atoms with Gasteiger partial charge < -0.3 is 15.4 Å². The molecule has 106 valence electrons. The van der Waals surface area contributed by atoms with Crippen LogP contribution < -0.4 is 10.6 Å². The molecule has 4 nitrogen and oxygen atoms in total. The van der Waals surface area contributed by atoms with Crippen molar-refractivity contribution in [2.24, 2.45) is 5.92 Å². The molecule has 4 heteroatoms. The summed E-state index contributed by atoms with van der Waals surface area (Å²) < 4.78 is 5.21. The number of hydrogen-bond acceptors (Lipinski definition) is 3. The van der Waals surface area contributed by atoms with E-state index >= 15 is 0 Å². The topological polar surface area (TPSA) is 50.4 Å². The Kier molecular flexibility index (Phi) is 5.93. The van der Waals surface area contributed by atoms with Crippen LogP contribution in [0.4, 0.5) is 4.79 Å². The zero-order valence-electron chi connectivity index (χ0n) is 12.2. The highest BCUT2D eigenvalue weighted by molar-refractivity contribution is 5.67. The van der Waals surface area contributed by atoms with Gasteiger partial charge in [-0.2, -0.15) is 0 Å². The second-order valence-corrected chi connectivity index (χ2v) is 6.34. The number of amides is 1. The number of rotatable bonds is 6. The van der Waals surface area contributed by atoms with Crippen LogP contribution >= 0.6 is 0 Å². The first-order valence-corrected chi connectivity index (χ1v) is 7.07. The van der Waals surface area contributed by atoms with Gasteiger partial charge in [-0.25, -0.2) is 4.79 Å². The van der Waals surface area contributed by atoms with Crippen molar-refractivity contribution >= 4 is 6.09 Å². The van der Waals surface area contributed by atoms with Crippen molar-refractivity contribution < 1.29 is 9.53 Å². The molecular formula is C14H28N2O2. The lowest BCUT2D eigenvalue weighted by molar-refractivity contribution is 0.0506. The van der Waals surface area contributed by atoms with Gasteiger partial charge in [-0.05, 0) is 66.0 Å². The summed E-state index contributed by atoms with van der Waals surface area (Å²) in [7, 11) is 0. The van der Waals surface area contributed by atoms with Crippen molar-refractivity contribution in [3.05, 3.63) is 0 Å². The molecule has 0 aromatic carbocycles. The van der Waals surface area contributed by atoms with Crippen molar-refractivity contribution in [2.45, 2.75) is 65.0 Å². The fourth-order valence-electron chi connectivity index (χ4n) is 1.90. The minimum absolute atomic E-state index is 0.147. The molecule has 1 aliphatic rings. The molecule has 0 saturated heterocycles. The number of nitrogens with one attached hydrogen (secondary N) is 2. The van der Waals surface area contributed by atoms with Gasteiger partial charge in [0.1, 0.15) is 5.60 Å². The third kappa shape index (κ3) is 6.84. The molecule has 18 heavy (non-hydrogen) atoms. The molecular weight excluding hydrogens is 228 g/mol. The van der Waals surface area contributed by atoms with Gasteiger partial charge in [0.15, 0.2) is 0 Å². The van der Waals surface area contributed by atoms with E-state index in [1.54, 1.807) is 0 Å². The van der Waals surface area contributed by atoms with Crippen LogP contribution in [0.2, 0.25) is 0 Å². The normalized spacial score (nSPS) is 18.0. The van der Waals surface area contributed by atoms with Crippen LogP contribution in [-0.2, 0) is 4.74 Å². The number of carbonyl (C=O) groups excluding carboxylic acids is 1. The van der Waals surface area contributed by atoms with Gasteiger partial charge in [0.2, 0.25) is 0 Å². The van der Waals surface area contributed by atoms with Gasteiger partial charge in [-0.1, -0.05) is 6.42 Å². The van der Waals surface area contributed by atoms with Gasteiger partial charge in [-0.15, -0.1) is 0 Å².